The largest absolute Gasteiger partial charge is 0.496 e. The van der Waals surface area contributed by atoms with Crippen LogP contribution in [0.5, 0.6) is 11.5 Å². The lowest BCUT2D eigenvalue weighted by Gasteiger charge is -2.27. The number of rotatable bonds is 6. The van der Waals surface area contributed by atoms with Crippen molar-refractivity contribution in [3.63, 3.8) is 0 Å². The van der Waals surface area contributed by atoms with Gasteiger partial charge in [-0.05, 0) is 41.5 Å². The summed E-state index contributed by atoms with van der Waals surface area (Å²) in [5, 5.41) is 0. The Bertz CT molecular complexity index is 980. The van der Waals surface area contributed by atoms with Crippen molar-refractivity contribution >= 4 is 5.91 Å². The van der Waals surface area contributed by atoms with E-state index in [1.165, 1.54) is 5.56 Å². The van der Waals surface area contributed by atoms with Gasteiger partial charge in [-0.15, -0.1) is 0 Å². The fourth-order valence-electron chi connectivity index (χ4n) is 3.51. The summed E-state index contributed by atoms with van der Waals surface area (Å²) in [5.74, 6) is 1.48. The first kappa shape index (κ1) is 20.0. The molecule has 4 rings (SSSR count). The third kappa shape index (κ3) is 4.63. The maximum atomic E-state index is 12.8. The zero-order chi connectivity index (χ0) is 20.8. The molecule has 0 atom stereocenters. The zero-order valence-electron chi connectivity index (χ0n) is 17.0. The molecule has 0 bridgehead atoms. The van der Waals surface area contributed by atoms with Gasteiger partial charge in [0.25, 0.3) is 5.91 Å². The van der Waals surface area contributed by atoms with Gasteiger partial charge in [0.2, 0.25) is 0 Å². The number of carbonyl (C=O) groups excluding carboxylic acids is 1. The molecule has 0 spiro atoms. The molecule has 1 heterocycles. The molecule has 1 amide bonds. The molecule has 0 aliphatic carbocycles. The van der Waals surface area contributed by atoms with Crippen molar-refractivity contribution in [1.82, 2.24) is 4.90 Å². The Morgan fingerprint density at radius 1 is 0.933 bits per heavy atom. The fraction of sp³-hybridized carbons (Fsp3) is 0.240. The highest BCUT2D eigenvalue weighted by molar-refractivity contribution is 5.94. The molecular formula is C25H25NO4. The van der Waals surface area contributed by atoms with E-state index in [-0.39, 0.29) is 5.91 Å². The Balaban J connectivity index is 1.46. The molecule has 0 N–H and O–H groups in total. The maximum Gasteiger partial charge on any atom is 0.254 e. The Kier molecular flexibility index (Phi) is 6.30. The van der Waals surface area contributed by atoms with Gasteiger partial charge < -0.3 is 19.1 Å². The van der Waals surface area contributed by atoms with E-state index in [0.29, 0.717) is 44.2 Å². The van der Waals surface area contributed by atoms with Gasteiger partial charge in [-0.3, -0.25) is 4.79 Å². The molecule has 1 fully saturated rings. The molecule has 30 heavy (non-hydrogen) atoms. The molecule has 5 nitrogen and oxygen atoms in total. The van der Waals surface area contributed by atoms with Crippen molar-refractivity contribution < 1.29 is 19.0 Å². The minimum atomic E-state index is 0.00872. The standard InChI is InChI=1S/C25H25NO4/c1-28-24-12-9-21(25(27)26-13-15-29-16-14-26)17-22(24)18-30-23-10-7-20(8-11-23)19-5-3-2-4-6-19/h2-12,17H,13-16,18H2,1H3. The van der Waals surface area contributed by atoms with E-state index in [2.05, 4.69) is 12.1 Å². The van der Waals surface area contributed by atoms with Gasteiger partial charge in [-0.25, -0.2) is 0 Å². The lowest BCUT2D eigenvalue weighted by Crippen LogP contribution is -2.40. The fourth-order valence-corrected chi connectivity index (χ4v) is 3.51. The van der Waals surface area contributed by atoms with E-state index in [4.69, 9.17) is 14.2 Å². The maximum absolute atomic E-state index is 12.8. The molecule has 0 unspecified atom stereocenters. The monoisotopic (exact) mass is 403 g/mol. The molecule has 0 aromatic heterocycles. The number of ether oxygens (including phenoxy) is 3. The summed E-state index contributed by atoms with van der Waals surface area (Å²) in [6.45, 7) is 2.71. The van der Waals surface area contributed by atoms with E-state index in [0.717, 1.165) is 16.9 Å². The number of carbonyl (C=O) groups is 1. The summed E-state index contributed by atoms with van der Waals surface area (Å²) in [4.78, 5) is 14.6. The number of hydrogen-bond donors (Lipinski definition) is 0. The smallest absolute Gasteiger partial charge is 0.254 e. The second kappa shape index (κ2) is 9.46. The summed E-state index contributed by atoms with van der Waals surface area (Å²) in [5.41, 5.74) is 3.78. The summed E-state index contributed by atoms with van der Waals surface area (Å²) in [6.07, 6.45) is 0. The van der Waals surface area contributed by atoms with Crippen LogP contribution < -0.4 is 9.47 Å². The lowest BCUT2D eigenvalue weighted by molar-refractivity contribution is 0.0302. The van der Waals surface area contributed by atoms with Crippen LogP contribution in [0.2, 0.25) is 0 Å². The molecule has 3 aromatic rings. The first-order valence-corrected chi connectivity index (χ1v) is 10.1. The summed E-state index contributed by atoms with van der Waals surface area (Å²) >= 11 is 0. The number of amides is 1. The Morgan fingerprint density at radius 3 is 2.33 bits per heavy atom. The average Bonchev–Trinajstić information content (AvgIpc) is 2.83. The SMILES string of the molecule is COc1ccc(C(=O)N2CCOCC2)cc1COc1ccc(-c2ccccc2)cc1. The molecule has 1 saturated heterocycles. The van der Waals surface area contributed by atoms with Crippen molar-refractivity contribution in [1.29, 1.82) is 0 Å². The highest BCUT2D eigenvalue weighted by Gasteiger charge is 2.19. The van der Waals surface area contributed by atoms with Gasteiger partial charge in [-0.1, -0.05) is 42.5 Å². The third-order valence-electron chi connectivity index (χ3n) is 5.18. The van der Waals surface area contributed by atoms with E-state index in [9.17, 15) is 4.79 Å². The summed E-state index contributed by atoms with van der Waals surface area (Å²) < 4.78 is 16.8. The van der Waals surface area contributed by atoms with Crippen LogP contribution in [-0.2, 0) is 11.3 Å². The highest BCUT2D eigenvalue weighted by Crippen LogP contribution is 2.25. The van der Waals surface area contributed by atoms with Gasteiger partial charge in [0.15, 0.2) is 0 Å². The van der Waals surface area contributed by atoms with Crippen molar-refractivity contribution in [3.05, 3.63) is 83.9 Å². The predicted molar refractivity (Wildman–Crippen MR) is 116 cm³/mol. The van der Waals surface area contributed by atoms with E-state index in [1.54, 1.807) is 13.2 Å². The second-order valence-electron chi connectivity index (χ2n) is 7.11. The van der Waals surface area contributed by atoms with E-state index >= 15 is 0 Å². The second-order valence-corrected chi connectivity index (χ2v) is 7.11. The minimum absolute atomic E-state index is 0.00872. The average molecular weight is 403 g/mol. The van der Waals surface area contributed by atoms with Gasteiger partial charge in [0.1, 0.15) is 18.1 Å². The van der Waals surface area contributed by atoms with Gasteiger partial charge in [0, 0.05) is 24.2 Å². The van der Waals surface area contributed by atoms with Crippen LogP contribution in [0.1, 0.15) is 15.9 Å². The van der Waals surface area contributed by atoms with E-state index in [1.807, 2.05) is 59.5 Å². The molecule has 3 aromatic carbocycles. The molecule has 154 valence electrons. The van der Waals surface area contributed by atoms with Gasteiger partial charge in [0.05, 0.1) is 20.3 Å². The van der Waals surface area contributed by atoms with Crippen LogP contribution in [0.15, 0.2) is 72.8 Å². The molecule has 0 radical (unpaired) electrons. The topological polar surface area (TPSA) is 48.0 Å². The summed E-state index contributed by atoms with van der Waals surface area (Å²) in [7, 11) is 1.62. The Morgan fingerprint density at radius 2 is 1.63 bits per heavy atom. The van der Waals surface area contributed by atoms with Crippen LogP contribution in [0.25, 0.3) is 11.1 Å². The van der Waals surface area contributed by atoms with E-state index < -0.39 is 0 Å². The van der Waals surface area contributed by atoms with Crippen molar-refractivity contribution in [2.75, 3.05) is 33.4 Å². The number of methoxy groups -OCH3 is 1. The first-order valence-electron chi connectivity index (χ1n) is 10.1. The summed E-state index contributed by atoms with van der Waals surface area (Å²) in [6, 6.07) is 23.7. The molecule has 0 saturated carbocycles. The quantitative estimate of drug-likeness (QED) is 0.612. The molecule has 5 heteroatoms. The van der Waals surface area contributed by atoms with Crippen molar-refractivity contribution in [2.45, 2.75) is 6.61 Å². The van der Waals surface area contributed by atoms with Crippen molar-refractivity contribution in [2.24, 2.45) is 0 Å². The number of hydrogen-bond acceptors (Lipinski definition) is 4. The lowest BCUT2D eigenvalue weighted by atomic mass is 10.1. The third-order valence-corrected chi connectivity index (χ3v) is 5.18. The molecule has 1 aliphatic rings. The highest BCUT2D eigenvalue weighted by atomic mass is 16.5. The number of morpholine rings is 1. The number of benzene rings is 3. The normalized spacial score (nSPS) is 13.7. The van der Waals surface area contributed by atoms with Crippen molar-refractivity contribution in [3.8, 4) is 22.6 Å². The number of nitrogens with zero attached hydrogens (tertiary/aromatic N) is 1. The first-order chi connectivity index (χ1) is 14.7. The zero-order valence-corrected chi connectivity index (χ0v) is 17.0. The minimum Gasteiger partial charge on any atom is -0.496 e. The van der Waals surface area contributed by atoms with Crippen LogP contribution in [0.4, 0.5) is 0 Å². The Hall–Kier alpha value is -3.31. The van der Waals surface area contributed by atoms with Crippen LogP contribution in [-0.4, -0.2) is 44.2 Å². The van der Waals surface area contributed by atoms with Gasteiger partial charge in [-0.2, -0.15) is 0 Å². The molecule has 1 aliphatic heterocycles. The Labute approximate surface area is 176 Å². The van der Waals surface area contributed by atoms with Crippen LogP contribution in [0, 0.1) is 0 Å². The predicted octanol–water partition coefficient (Wildman–Crippen LogP) is 4.41. The van der Waals surface area contributed by atoms with Crippen LogP contribution >= 0.6 is 0 Å². The van der Waals surface area contributed by atoms with Gasteiger partial charge >= 0.3 is 0 Å². The van der Waals surface area contributed by atoms with Crippen LogP contribution in [0.3, 0.4) is 0 Å². The molecular weight excluding hydrogens is 378 g/mol.